The second-order valence-electron chi connectivity index (χ2n) is 6.60. The van der Waals surface area contributed by atoms with Crippen LogP contribution in [0.1, 0.15) is 17.0 Å². The molecule has 2 unspecified atom stereocenters. The van der Waals surface area contributed by atoms with Gasteiger partial charge in [0, 0.05) is 16.0 Å². The Balaban J connectivity index is 1.79. The lowest BCUT2D eigenvalue weighted by Crippen LogP contribution is -2.36. The van der Waals surface area contributed by atoms with Gasteiger partial charge in [-0.15, -0.1) is 0 Å². The lowest BCUT2D eigenvalue weighted by Gasteiger charge is -2.23. The van der Waals surface area contributed by atoms with E-state index in [4.69, 9.17) is 23.2 Å². The standard InChI is InChI=1S/C22H16Cl2N2O2/c23-17-8-4-13(5-9-17)15-2-1-3-16(12-15)19(14-6-10-18(24)11-7-14)20-21(27)26-22(28)25-20/h1-12,19-20H,(H2,25,26,27,28). The SMILES string of the molecule is O=C1NC(=O)C(C(c2ccc(Cl)cc2)c2cccc(-c3ccc(Cl)cc3)c2)N1. The average Bonchev–Trinajstić information content (AvgIpc) is 3.02. The lowest BCUT2D eigenvalue weighted by molar-refractivity contribution is -0.120. The van der Waals surface area contributed by atoms with Gasteiger partial charge in [-0.1, -0.05) is 71.7 Å². The summed E-state index contributed by atoms with van der Waals surface area (Å²) < 4.78 is 0. The first-order valence-corrected chi connectivity index (χ1v) is 9.49. The number of halogens is 2. The molecule has 3 aromatic rings. The average molecular weight is 411 g/mol. The number of carbonyl (C=O) groups excluding carboxylic acids is 2. The third kappa shape index (κ3) is 3.75. The molecule has 2 atom stereocenters. The zero-order valence-electron chi connectivity index (χ0n) is 14.7. The molecule has 0 radical (unpaired) electrons. The van der Waals surface area contributed by atoms with Crippen molar-refractivity contribution in [2.24, 2.45) is 0 Å². The van der Waals surface area contributed by atoms with Crippen LogP contribution in [0.15, 0.2) is 72.8 Å². The Morgan fingerprint density at radius 3 is 2.00 bits per heavy atom. The highest BCUT2D eigenvalue weighted by Crippen LogP contribution is 2.33. The first-order valence-electron chi connectivity index (χ1n) is 8.74. The molecular weight excluding hydrogens is 395 g/mol. The van der Waals surface area contributed by atoms with Crippen LogP contribution in [-0.2, 0) is 4.79 Å². The topological polar surface area (TPSA) is 58.2 Å². The Kier molecular flexibility index (Phi) is 5.07. The normalized spacial score (nSPS) is 17.1. The number of hydrogen-bond donors (Lipinski definition) is 2. The summed E-state index contributed by atoms with van der Waals surface area (Å²) >= 11 is 12.0. The number of benzene rings is 3. The van der Waals surface area contributed by atoms with Gasteiger partial charge in [0.15, 0.2) is 0 Å². The summed E-state index contributed by atoms with van der Waals surface area (Å²) in [5.41, 5.74) is 3.82. The molecule has 1 aliphatic heterocycles. The van der Waals surface area contributed by atoms with Crippen LogP contribution in [0.4, 0.5) is 4.79 Å². The summed E-state index contributed by atoms with van der Waals surface area (Å²) in [6.07, 6.45) is 0. The molecule has 0 saturated carbocycles. The first-order chi connectivity index (χ1) is 13.5. The highest BCUT2D eigenvalue weighted by Gasteiger charge is 2.38. The summed E-state index contributed by atoms with van der Waals surface area (Å²) in [5.74, 6) is -0.696. The van der Waals surface area contributed by atoms with Crippen molar-refractivity contribution in [3.63, 3.8) is 0 Å². The highest BCUT2D eigenvalue weighted by molar-refractivity contribution is 6.30. The third-order valence-electron chi connectivity index (χ3n) is 4.79. The van der Waals surface area contributed by atoms with Crippen molar-refractivity contribution in [3.8, 4) is 11.1 Å². The van der Waals surface area contributed by atoms with Gasteiger partial charge in [-0.3, -0.25) is 10.1 Å². The van der Waals surface area contributed by atoms with Gasteiger partial charge in [0.1, 0.15) is 6.04 Å². The Hall–Kier alpha value is -2.82. The van der Waals surface area contributed by atoms with Gasteiger partial charge in [-0.05, 0) is 46.5 Å². The van der Waals surface area contributed by atoms with Crippen molar-refractivity contribution in [1.29, 1.82) is 0 Å². The summed E-state index contributed by atoms with van der Waals surface area (Å²) in [4.78, 5) is 24.1. The molecule has 0 aliphatic carbocycles. The molecule has 3 amide bonds. The van der Waals surface area contributed by atoms with Crippen LogP contribution in [-0.4, -0.2) is 18.0 Å². The van der Waals surface area contributed by atoms with Crippen molar-refractivity contribution in [3.05, 3.63) is 94.0 Å². The Labute approximate surface area is 172 Å². The van der Waals surface area contributed by atoms with E-state index in [-0.39, 0.29) is 11.8 Å². The van der Waals surface area contributed by atoms with Gasteiger partial charge in [-0.25, -0.2) is 4.79 Å². The van der Waals surface area contributed by atoms with Gasteiger partial charge >= 0.3 is 6.03 Å². The maximum atomic E-state index is 12.4. The largest absolute Gasteiger partial charge is 0.325 e. The van der Waals surface area contributed by atoms with E-state index in [9.17, 15) is 9.59 Å². The molecular formula is C22H16Cl2N2O2. The summed E-state index contributed by atoms with van der Waals surface area (Å²) in [6, 6.07) is 21.6. The molecule has 0 bridgehead atoms. The van der Waals surface area contributed by atoms with Crippen molar-refractivity contribution in [2.75, 3.05) is 0 Å². The van der Waals surface area contributed by atoms with E-state index in [0.29, 0.717) is 10.0 Å². The van der Waals surface area contributed by atoms with Crippen molar-refractivity contribution < 1.29 is 9.59 Å². The fraction of sp³-hybridized carbons (Fsp3) is 0.0909. The van der Waals surface area contributed by atoms with E-state index in [0.717, 1.165) is 22.3 Å². The Morgan fingerprint density at radius 1 is 0.750 bits per heavy atom. The van der Waals surface area contributed by atoms with E-state index < -0.39 is 12.1 Å². The van der Waals surface area contributed by atoms with Crippen LogP contribution >= 0.6 is 23.2 Å². The van der Waals surface area contributed by atoms with E-state index in [1.807, 2.05) is 60.7 Å². The number of rotatable bonds is 4. The summed E-state index contributed by atoms with van der Waals surface area (Å²) in [6.45, 7) is 0. The molecule has 0 aromatic heterocycles. The zero-order chi connectivity index (χ0) is 19.7. The number of nitrogens with one attached hydrogen (secondary N) is 2. The van der Waals surface area contributed by atoms with Crippen LogP contribution in [0.2, 0.25) is 10.0 Å². The molecule has 140 valence electrons. The minimum absolute atomic E-state index is 0.346. The van der Waals surface area contributed by atoms with Crippen LogP contribution in [0.25, 0.3) is 11.1 Å². The second kappa shape index (κ2) is 7.66. The van der Waals surface area contributed by atoms with Crippen molar-refractivity contribution >= 4 is 35.1 Å². The molecule has 1 heterocycles. The third-order valence-corrected chi connectivity index (χ3v) is 5.30. The number of hydrogen-bond acceptors (Lipinski definition) is 2. The maximum absolute atomic E-state index is 12.4. The summed E-state index contributed by atoms with van der Waals surface area (Å²) in [5, 5.41) is 6.33. The molecule has 4 rings (SSSR count). The molecule has 0 spiro atoms. The van der Waals surface area contributed by atoms with Crippen LogP contribution in [0.3, 0.4) is 0 Å². The van der Waals surface area contributed by atoms with E-state index in [1.165, 1.54) is 0 Å². The van der Waals surface area contributed by atoms with Gasteiger partial charge in [0.25, 0.3) is 5.91 Å². The quantitative estimate of drug-likeness (QED) is 0.594. The van der Waals surface area contributed by atoms with Crippen LogP contribution < -0.4 is 10.6 Å². The molecule has 28 heavy (non-hydrogen) atoms. The Bertz CT molecular complexity index is 1030. The minimum Gasteiger partial charge on any atom is -0.325 e. The monoisotopic (exact) mass is 410 g/mol. The Morgan fingerprint density at radius 2 is 1.39 bits per heavy atom. The predicted molar refractivity (Wildman–Crippen MR) is 111 cm³/mol. The fourth-order valence-electron chi connectivity index (χ4n) is 3.47. The van der Waals surface area contributed by atoms with E-state index in [2.05, 4.69) is 10.6 Å². The molecule has 1 saturated heterocycles. The molecule has 2 N–H and O–H groups in total. The number of urea groups is 1. The number of imide groups is 1. The van der Waals surface area contributed by atoms with Crippen molar-refractivity contribution in [2.45, 2.75) is 12.0 Å². The maximum Gasteiger partial charge on any atom is 0.322 e. The number of amides is 3. The molecule has 3 aromatic carbocycles. The fourth-order valence-corrected chi connectivity index (χ4v) is 3.72. The second-order valence-corrected chi connectivity index (χ2v) is 7.47. The molecule has 1 aliphatic rings. The van der Waals surface area contributed by atoms with E-state index >= 15 is 0 Å². The number of carbonyl (C=O) groups is 2. The zero-order valence-corrected chi connectivity index (χ0v) is 16.2. The van der Waals surface area contributed by atoms with Crippen LogP contribution in [0, 0.1) is 0 Å². The molecule has 6 heteroatoms. The minimum atomic E-state index is -0.700. The van der Waals surface area contributed by atoms with Gasteiger partial charge in [-0.2, -0.15) is 0 Å². The smallest absolute Gasteiger partial charge is 0.322 e. The highest BCUT2D eigenvalue weighted by atomic mass is 35.5. The first kappa shape index (κ1) is 18.5. The van der Waals surface area contributed by atoms with Gasteiger partial charge in [0.05, 0.1) is 0 Å². The van der Waals surface area contributed by atoms with Crippen molar-refractivity contribution in [1.82, 2.24) is 10.6 Å². The van der Waals surface area contributed by atoms with E-state index in [1.54, 1.807) is 12.1 Å². The van der Waals surface area contributed by atoms with Gasteiger partial charge < -0.3 is 5.32 Å². The lowest BCUT2D eigenvalue weighted by atomic mass is 9.84. The summed E-state index contributed by atoms with van der Waals surface area (Å²) in [7, 11) is 0. The predicted octanol–water partition coefficient (Wildman–Crippen LogP) is 5.00. The molecule has 1 fully saturated rings. The van der Waals surface area contributed by atoms with Gasteiger partial charge in [0.2, 0.25) is 0 Å². The molecule has 4 nitrogen and oxygen atoms in total. The van der Waals surface area contributed by atoms with Crippen LogP contribution in [0.5, 0.6) is 0 Å².